The maximum Gasteiger partial charge on any atom is 0.472 e. The Morgan fingerprint density at radius 3 is 1.84 bits per heavy atom. The second-order valence-electron chi connectivity index (χ2n) is 8.23. The summed E-state index contributed by atoms with van der Waals surface area (Å²) in [6.45, 7) is 15.2. The predicted octanol–water partition coefficient (Wildman–Crippen LogP) is 6.06. The molecule has 1 aliphatic rings. The van der Waals surface area contributed by atoms with E-state index < -0.39 is 7.82 Å². The quantitative estimate of drug-likeness (QED) is 0.121. The Morgan fingerprint density at radius 2 is 1.52 bits per heavy atom. The van der Waals surface area contributed by atoms with Gasteiger partial charge in [-0.15, -0.1) is 0 Å². The van der Waals surface area contributed by atoms with E-state index in [4.69, 9.17) is 18.5 Å². The standard InChI is InChI=1S/C16H35O4P.C7H10O3/c1-5-9-11-15(7-3)13-19-21(17,18)20-14-16(8-4)12-10-6-2;1-5(2)7(8)10-4-6-3-9-6/h15-16H,5-14H2,1-4H3,(H,17,18);6H,1,3-4H2,2H3. The normalized spacial score (nSPS) is 18.8. The molecule has 31 heavy (non-hydrogen) atoms. The first-order chi connectivity index (χ1) is 14.7. The molecule has 1 N–H and O–H groups in total. The molecule has 1 saturated heterocycles. The van der Waals surface area contributed by atoms with Crippen molar-refractivity contribution in [3.63, 3.8) is 0 Å². The van der Waals surface area contributed by atoms with Crippen LogP contribution >= 0.6 is 7.82 Å². The number of phosphoric ester groups is 1. The molecule has 3 atom stereocenters. The van der Waals surface area contributed by atoms with Crippen LogP contribution in [0.4, 0.5) is 0 Å². The molecule has 7 nitrogen and oxygen atoms in total. The van der Waals surface area contributed by atoms with Crippen LogP contribution < -0.4 is 0 Å². The largest absolute Gasteiger partial charge is 0.472 e. The molecule has 0 aliphatic carbocycles. The highest BCUT2D eigenvalue weighted by Gasteiger charge is 2.25. The minimum Gasteiger partial charge on any atom is -0.459 e. The van der Waals surface area contributed by atoms with Crippen LogP contribution in [-0.4, -0.2) is 43.4 Å². The average Bonchev–Trinajstić information content (AvgIpc) is 3.57. The van der Waals surface area contributed by atoms with E-state index in [9.17, 15) is 14.3 Å². The molecule has 0 saturated carbocycles. The van der Waals surface area contributed by atoms with Gasteiger partial charge in [0.05, 0.1) is 19.8 Å². The maximum atomic E-state index is 11.9. The van der Waals surface area contributed by atoms with Crippen LogP contribution in [0.2, 0.25) is 0 Å². The van der Waals surface area contributed by atoms with Crippen LogP contribution in [0.15, 0.2) is 12.2 Å². The van der Waals surface area contributed by atoms with E-state index in [-0.39, 0.29) is 12.1 Å². The highest BCUT2D eigenvalue weighted by molar-refractivity contribution is 7.47. The van der Waals surface area contributed by atoms with E-state index in [1.54, 1.807) is 6.92 Å². The second kappa shape index (κ2) is 17.8. The summed E-state index contributed by atoms with van der Waals surface area (Å²) in [6, 6.07) is 0. The predicted molar refractivity (Wildman–Crippen MR) is 124 cm³/mol. The van der Waals surface area contributed by atoms with Crippen LogP contribution in [0.25, 0.3) is 0 Å². The lowest BCUT2D eigenvalue weighted by molar-refractivity contribution is -0.139. The molecular weight excluding hydrogens is 419 g/mol. The summed E-state index contributed by atoms with van der Waals surface area (Å²) in [5.41, 5.74) is 0.431. The van der Waals surface area contributed by atoms with Crippen molar-refractivity contribution in [1.29, 1.82) is 0 Å². The molecule has 1 aliphatic heterocycles. The zero-order chi connectivity index (χ0) is 23.7. The molecule has 3 unspecified atom stereocenters. The Balaban J connectivity index is 0.000000743. The number of hydrogen-bond acceptors (Lipinski definition) is 6. The smallest absolute Gasteiger partial charge is 0.459 e. The molecule has 0 radical (unpaired) electrons. The Morgan fingerprint density at radius 1 is 1.06 bits per heavy atom. The lowest BCUT2D eigenvalue weighted by Crippen LogP contribution is -2.12. The van der Waals surface area contributed by atoms with Crippen LogP contribution in [0, 0.1) is 11.8 Å². The lowest BCUT2D eigenvalue weighted by Gasteiger charge is -2.20. The van der Waals surface area contributed by atoms with Crippen LogP contribution in [0.5, 0.6) is 0 Å². The Labute approximate surface area is 189 Å². The molecule has 1 heterocycles. The minimum atomic E-state index is -3.89. The first kappa shape index (κ1) is 30.3. The van der Waals surface area contributed by atoms with Gasteiger partial charge in [0.1, 0.15) is 12.7 Å². The summed E-state index contributed by atoms with van der Waals surface area (Å²) < 4.78 is 31.8. The molecular formula is C23H45O7P. The zero-order valence-corrected chi connectivity index (χ0v) is 21.2. The van der Waals surface area contributed by atoms with Crippen molar-refractivity contribution in [2.24, 2.45) is 11.8 Å². The SMILES string of the molecule is C=C(C)C(=O)OCC1CO1.CCCCC(CC)COP(=O)(O)OCC(CC)CCCC. The van der Waals surface area contributed by atoms with Gasteiger partial charge >= 0.3 is 13.8 Å². The summed E-state index contributed by atoms with van der Waals surface area (Å²) >= 11 is 0. The van der Waals surface area contributed by atoms with Crippen molar-refractivity contribution < 1.29 is 32.8 Å². The first-order valence-corrected chi connectivity index (χ1v) is 13.2. The zero-order valence-electron chi connectivity index (χ0n) is 20.3. The molecule has 0 aromatic heterocycles. The second-order valence-corrected chi connectivity index (χ2v) is 9.68. The molecule has 8 heteroatoms. The van der Waals surface area contributed by atoms with Gasteiger partial charge < -0.3 is 14.4 Å². The van der Waals surface area contributed by atoms with Crippen molar-refractivity contribution in [2.75, 3.05) is 26.4 Å². The fourth-order valence-corrected chi connectivity index (χ4v) is 3.56. The van der Waals surface area contributed by atoms with Gasteiger partial charge in [0, 0.05) is 5.57 Å². The van der Waals surface area contributed by atoms with Gasteiger partial charge in [-0.1, -0.05) is 72.8 Å². The Hall–Kier alpha value is -0.720. The van der Waals surface area contributed by atoms with Gasteiger partial charge in [-0.2, -0.15) is 0 Å². The number of hydrogen-bond donors (Lipinski definition) is 1. The number of ether oxygens (including phenoxy) is 2. The molecule has 0 spiro atoms. The molecule has 0 bridgehead atoms. The summed E-state index contributed by atoms with van der Waals surface area (Å²) in [4.78, 5) is 20.5. The van der Waals surface area contributed by atoms with E-state index in [1.807, 2.05) is 0 Å². The van der Waals surface area contributed by atoms with E-state index in [0.29, 0.717) is 43.8 Å². The summed E-state index contributed by atoms with van der Waals surface area (Å²) in [6.07, 6.45) is 8.70. The molecule has 184 valence electrons. The number of esters is 1. The molecule has 1 fully saturated rings. The van der Waals surface area contributed by atoms with Crippen molar-refractivity contribution in [1.82, 2.24) is 0 Å². The van der Waals surface area contributed by atoms with Crippen molar-refractivity contribution in [3.8, 4) is 0 Å². The maximum absolute atomic E-state index is 11.9. The number of carbonyl (C=O) groups excluding carboxylic acids is 1. The average molecular weight is 465 g/mol. The van der Waals surface area contributed by atoms with Crippen LogP contribution in [0.3, 0.4) is 0 Å². The fourth-order valence-electron chi connectivity index (χ4n) is 2.69. The topological polar surface area (TPSA) is 94.6 Å². The number of carbonyl (C=O) groups is 1. The van der Waals surface area contributed by atoms with E-state index in [0.717, 1.165) is 51.4 Å². The molecule has 0 amide bonds. The minimum absolute atomic E-state index is 0.142. The Bertz CT molecular complexity index is 510. The number of phosphoric acid groups is 1. The molecule has 0 aromatic carbocycles. The molecule has 0 aromatic rings. The number of unbranched alkanes of at least 4 members (excludes halogenated alkanes) is 2. The summed E-state index contributed by atoms with van der Waals surface area (Å²) in [7, 11) is -3.89. The van der Waals surface area contributed by atoms with Gasteiger partial charge in [-0.05, 0) is 31.6 Å². The van der Waals surface area contributed by atoms with Gasteiger partial charge in [0.15, 0.2) is 0 Å². The summed E-state index contributed by atoms with van der Waals surface area (Å²) in [5, 5.41) is 0. The van der Waals surface area contributed by atoms with E-state index in [2.05, 4.69) is 34.3 Å². The van der Waals surface area contributed by atoms with Crippen molar-refractivity contribution >= 4 is 13.8 Å². The van der Waals surface area contributed by atoms with Gasteiger partial charge in [0.25, 0.3) is 0 Å². The first-order valence-electron chi connectivity index (χ1n) is 11.7. The van der Waals surface area contributed by atoms with E-state index >= 15 is 0 Å². The third-order valence-electron chi connectivity index (χ3n) is 5.18. The highest BCUT2D eigenvalue weighted by Crippen LogP contribution is 2.44. The van der Waals surface area contributed by atoms with Crippen molar-refractivity contribution in [3.05, 3.63) is 12.2 Å². The van der Waals surface area contributed by atoms with Crippen molar-refractivity contribution in [2.45, 2.75) is 92.1 Å². The highest BCUT2D eigenvalue weighted by atomic mass is 31.2. The molecule has 1 rings (SSSR count). The van der Waals surface area contributed by atoms with E-state index in [1.165, 1.54) is 0 Å². The Kier molecular flexibility index (Phi) is 17.4. The van der Waals surface area contributed by atoms with Gasteiger partial charge in [-0.25, -0.2) is 9.36 Å². The van der Waals surface area contributed by atoms with Crippen LogP contribution in [-0.2, 0) is 27.9 Å². The van der Waals surface area contributed by atoms with Crippen LogP contribution in [0.1, 0.15) is 86.0 Å². The van der Waals surface area contributed by atoms with Gasteiger partial charge in [0.2, 0.25) is 0 Å². The summed E-state index contributed by atoms with van der Waals surface area (Å²) in [5.74, 6) is 0.350. The lowest BCUT2D eigenvalue weighted by atomic mass is 10.0. The fraction of sp³-hybridized carbons (Fsp3) is 0.870. The van der Waals surface area contributed by atoms with Gasteiger partial charge in [-0.3, -0.25) is 9.05 Å². The third-order valence-corrected chi connectivity index (χ3v) is 6.14. The monoisotopic (exact) mass is 464 g/mol. The number of rotatable bonds is 17. The number of epoxide rings is 1. The third kappa shape index (κ3) is 17.5.